The highest BCUT2D eigenvalue weighted by molar-refractivity contribution is 9.10. The number of halogens is 2. The number of pyridine rings is 1. The maximum atomic E-state index is 15.3. The first kappa shape index (κ1) is 31.4. The van der Waals surface area contributed by atoms with Crippen molar-refractivity contribution in [3.05, 3.63) is 47.1 Å². The highest BCUT2D eigenvalue weighted by Gasteiger charge is 2.23. The number of ether oxygens (including phenoxy) is 3. The van der Waals surface area contributed by atoms with E-state index >= 15 is 4.39 Å². The Bertz CT molecular complexity index is 1790. The highest BCUT2D eigenvalue weighted by atomic mass is 79.9. The lowest BCUT2D eigenvalue weighted by molar-refractivity contribution is 0.0200. The molecule has 5 rings (SSSR count). The predicted molar refractivity (Wildman–Crippen MR) is 179 cm³/mol. The molecule has 2 N–H and O–H groups in total. The molecule has 0 fully saturated rings. The molecule has 5 aromatic rings. The summed E-state index contributed by atoms with van der Waals surface area (Å²) in [6.45, 7) is 15.1. The zero-order valence-corrected chi connectivity index (χ0v) is 29.1. The SMILES string of the molecule is C[Si](C)(C)CCOCOc1nc2c(cc(Br)c3nccnc32)c(-c2ccc(F)c3c2cnn3COCC[Si](C)(C)C)c1N. The number of fused-ring (bicyclic) bond motifs is 4. The van der Waals surface area contributed by atoms with Crippen molar-refractivity contribution in [3.8, 4) is 17.0 Å². The van der Waals surface area contributed by atoms with Gasteiger partial charge >= 0.3 is 0 Å². The topological polar surface area (TPSA) is 110 Å². The zero-order valence-electron chi connectivity index (χ0n) is 25.5. The van der Waals surface area contributed by atoms with E-state index < -0.39 is 22.0 Å². The molecule has 0 unspecified atom stereocenters. The van der Waals surface area contributed by atoms with Crippen LogP contribution in [-0.4, -0.2) is 60.9 Å². The predicted octanol–water partition coefficient (Wildman–Crippen LogP) is 7.68. The molecule has 0 radical (unpaired) electrons. The van der Waals surface area contributed by atoms with Crippen LogP contribution < -0.4 is 10.5 Å². The standard InChI is InChI=1S/C30H38BrFN6O3Si2/c1-42(2,3)13-11-39-17-38-29-21(16-36-38)19(7-8-23(29)32)24-20-15-22(31)27-28(35-10-9-34-27)26(20)37-30(25(24)33)41-18-40-12-14-43(4,5)6/h7-10,15-16H,11-14,17-18,33H2,1-6H3. The fourth-order valence-corrected chi connectivity index (χ4v) is 6.77. The smallest absolute Gasteiger partial charge is 0.240 e. The van der Waals surface area contributed by atoms with Crippen LogP contribution >= 0.6 is 15.9 Å². The first-order valence-electron chi connectivity index (χ1n) is 14.3. The average Bonchev–Trinajstić information content (AvgIpc) is 3.36. The molecule has 228 valence electrons. The van der Waals surface area contributed by atoms with Crippen molar-refractivity contribution in [1.82, 2.24) is 24.7 Å². The number of anilines is 1. The third-order valence-electron chi connectivity index (χ3n) is 7.16. The van der Waals surface area contributed by atoms with Gasteiger partial charge in [-0.15, -0.1) is 0 Å². The first-order chi connectivity index (χ1) is 20.3. The van der Waals surface area contributed by atoms with E-state index in [1.807, 2.05) is 6.07 Å². The van der Waals surface area contributed by atoms with E-state index in [2.05, 4.69) is 70.3 Å². The van der Waals surface area contributed by atoms with Crippen LogP contribution in [0.15, 0.2) is 41.3 Å². The van der Waals surface area contributed by atoms with Crippen LogP contribution in [0.3, 0.4) is 0 Å². The first-order valence-corrected chi connectivity index (χ1v) is 22.5. The van der Waals surface area contributed by atoms with E-state index in [0.29, 0.717) is 57.5 Å². The summed E-state index contributed by atoms with van der Waals surface area (Å²) in [7, 11) is -2.52. The van der Waals surface area contributed by atoms with Crippen LogP contribution in [0.5, 0.6) is 5.88 Å². The highest BCUT2D eigenvalue weighted by Crippen LogP contribution is 2.44. The molecule has 43 heavy (non-hydrogen) atoms. The number of rotatable bonds is 12. The molecule has 2 aromatic carbocycles. The van der Waals surface area contributed by atoms with Crippen molar-refractivity contribution < 1.29 is 18.6 Å². The van der Waals surface area contributed by atoms with Crippen molar-refractivity contribution in [1.29, 1.82) is 0 Å². The molecule has 0 aliphatic rings. The summed E-state index contributed by atoms with van der Waals surface area (Å²) in [5, 5.41) is 5.81. The monoisotopic (exact) mass is 684 g/mol. The van der Waals surface area contributed by atoms with E-state index in [-0.39, 0.29) is 19.4 Å². The van der Waals surface area contributed by atoms with Crippen molar-refractivity contribution in [2.24, 2.45) is 0 Å². The molecule has 3 aromatic heterocycles. The molecule has 0 saturated carbocycles. The molecule has 0 saturated heterocycles. The van der Waals surface area contributed by atoms with Gasteiger partial charge in [0.15, 0.2) is 6.79 Å². The summed E-state index contributed by atoms with van der Waals surface area (Å²) >= 11 is 3.65. The molecule has 9 nitrogen and oxygen atoms in total. The lowest BCUT2D eigenvalue weighted by Gasteiger charge is -2.18. The lowest BCUT2D eigenvalue weighted by atomic mass is 9.96. The second-order valence-electron chi connectivity index (χ2n) is 13.0. The summed E-state index contributed by atoms with van der Waals surface area (Å²) < 4.78 is 35.4. The Morgan fingerprint density at radius 1 is 0.907 bits per heavy atom. The number of nitrogens with two attached hydrogens (primary N) is 1. The number of hydrogen-bond acceptors (Lipinski definition) is 8. The van der Waals surface area contributed by atoms with Gasteiger partial charge in [0, 0.05) is 62.6 Å². The van der Waals surface area contributed by atoms with Crippen molar-refractivity contribution in [2.75, 3.05) is 25.7 Å². The van der Waals surface area contributed by atoms with Gasteiger partial charge in [-0.1, -0.05) is 45.3 Å². The van der Waals surface area contributed by atoms with Gasteiger partial charge in [0.25, 0.3) is 0 Å². The minimum absolute atomic E-state index is 0.00170. The van der Waals surface area contributed by atoms with Gasteiger partial charge in [-0.2, -0.15) is 5.10 Å². The largest absolute Gasteiger partial charge is 0.449 e. The van der Waals surface area contributed by atoms with E-state index in [0.717, 1.165) is 21.9 Å². The van der Waals surface area contributed by atoms with Gasteiger partial charge in [-0.25, -0.2) is 14.1 Å². The van der Waals surface area contributed by atoms with Crippen LogP contribution in [0.4, 0.5) is 10.1 Å². The second kappa shape index (κ2) is 12.6. The molecule has 0 spiro atoms. The fourth-order valence-electron chi connectivity index (χ4n) is 4.73. The van der Waals surface area contributed by atoms with Crippen molar-refractivity contribution >= 4 is 70.6 Å². The molecule has 0 atom stereocenters. The number of aromatic nitrogens is 5. The Morgan fingerprint density at radius 2 is 1.58 bits per heavy atom. The quantitative estimate of drug-likeness (QED) is 0.0617. The summed E-state index contributed by atoms with van der Waals surface area (Å²) in [4.78, 5) is 13.9. The summed E-state index contributed by atoms with van der Waals surface area (Å²) in [6.07, 6.45) is 4.90. The Hall–Kier alpha value is -2.98. The van der Waals surface area contributed by atoms with Crippen LogP contribution in [0.25, 0.3) is 44.0 Å². The third kappa shape index (κ3) is 7.06. The van der Waals surface area contributed by atoms with Crippen LogP contribution in [0.1, 0.15) is 0 Å². The van der Waals surface area contributed by atoms with Gasteiger partial charge in [0.2, 0.25) is 5.88 Å². The Kier molecular flexibility index (Phi) is 9.19. The Balaban J connectivity index is 1.61. The molecule has 0 amide bonds. The maximum Gasteiger partial charge on any atom is 0.240 e. The molecule has 3 heterocycles. The van der Waals surface area contributed by atoms with E-state index in [4.69, 9.17) is 24.9 Å². The number of hydrogen-bond donors (Lipinski definition) is 1. The average molecular weight is 686 g/mol. The second-order valence-corrected chi connectivity index (χ2v) is 25.1. The number of nitrogens with zero attached hydrogens (tertiary/aromatic N) is 5. The third-order valence-corrected chi connectivity index (χ3v) is 11.2. The van der Waals surface area contributed by atoms with Crippen LogP contribution in [0, 0.1) is 5.82 Å². The molecule has 0 aliphatic heterocycles. The van der Waals surface area contributed by atoms with E-state index in [1.54, 1.807) is 29.3 Å². The Morgan fingerprint density at radius 3 is 2.28 bits per heavy atom. The summed E-state index contributed by atoms with van der Waals surface area (Å²) in [5.41, 5.74) is 10.6. The molecular weight excluding hydrogens is 647 g/mol. The maximum absolute atomic E-state index is 15.3. The number of nitrogen functional groups attached to an aromatic ring is 1. The molecule has 13 heteroatoms. The lowest BCUT2D eigenvalue weighted by Crippen LogP contribution is -2.22. The Labute approximate surface area is 261 Å². The van der Waals surface area contributed by atoms with Gasteiger partial charge in [0.1, 0.15) is 40.3 Å². The summed E-state index contributed by atoms with van der Waals surface area (Å²) in [5.74, 6) is -0.184. The van der Waals surface area contributed by atoms with Gasteiger partial charge < -0.3 is 19.9 Å². The number of benzene rings is 2. The zero-order chi connectivity index (χ0) is 30.9. The van der Waals surface area contributed by atoms with Crippen LogP contribution in [-0.2, 0) is 16.2 Å². The van der Waals surface area contributed by atoms with E-state index in [9.17, 15) is 0 Å². The van der Waals surface area contributed by atoms with Gasteiger partial charge in [-0.3, -0.25) is 9.97 Å². The fraction of sp³-hybridized carbons (Fsp3) is 0.400. The molecule has 0 aliphatic carbocycles. The van der Waals surface area contributed by atoms with Crippen molar-refractivity contribution in [3.63, 3.8) is 0 Å². The molecular formula is C30H38BrFN6O3Si2. The van der Waals surface area contributed by atoms with Gasteiger partial charge in [-0.05, 0) is 45.7 Å². The van der Waals surface area contributed by atoms with E-state index in [1.165, 1.54) is 6.07 Å². The minimum atomic E-state index is -1.26. The minimum Gasteiger partial charge on any atom is -0.449 e. The van der Waals surface area contributed by atoms with Crippen LogP contribution in [0.2, 0.25) is 51.4 Å². The normalized spacial score (nSPS) is 12.6. The van der Waals surface area contributed by atoms with Gasteiger partial charge in [0.05, 0.1) is 6.20 Å². The summed E-state index contributed by atoms with van der Waals surface area (Å²) in [6, 6.07) is 7.08. The van der Waals surface area contributed by atoms with Crippen molar-refractivity contribution in [2.45, 2.75) is 58.1 Å². The molecule has 0 bridgehead atoms.